The number of ketones is 1. The van der Waals surface area contributed by atoms with Crippen LogP contribution in [0.5, 0.6) is 0 Å². The molecule has 3 aromatic carbocycles. The minimum Gasteiger partial charge on any atom is -0.350 e. The molecular formula is C22H10ClF5N2O2. The number of halogens is 6. The van der Waals surface area contributed by atoms with Crippen molar-refractivity contribution in [1.82, 2.24) is 4.98 Å². The summed E-state index contributed by atoms with van der Waals surface area (Å²) < 4.78 is 68.6. The average Bonchev–Trinajstić information content (AvgIpc) is 3.13. The number of fused-ring (bicyclic) bond motifs is 1. The Morgan fingerprint density at radius 3 is 2.03 bits per heavy atom. The van der Waals surface area contributed by atoms with Gasteiger partial charge in [0.05, 0.1) is 5.69 Å². The first-order valence-corrected chi connectivity index (χ1v) is 9.32. The van der Waals surface area contributed by atoms with Crippen LogP contribution in [0.2, 0.25) is 5.02 Å². The molecule has 0 bridgehead atoms. The smallest absolute Gasteiger partial charge is 0.261 e. The summed E-state index contributed by atoms with van der Waals surface area (Å²) in [5.74, 6) is -13.7. The molecule has 4 aromatic rings. The molecule has 0 radical (unpaired) electrons. The summed E-state index contributed by atoms with van der Waals surface area (Å²) in [7, 11) is 0. The highest BCUT2D eigenvalue weighted by atomic mass is 35.5. The lowest BCUT2D eigenvalue weighted by Crippen LogP contribution is -2.20. The third-order valence-electron chi connectivity index (χ3n) is 4.70. The first-order chi connectivity index (χ1) is 15.2. The summed E-state index contributed by atoms with van der Waals surface area (Å²) in [6, 6.07) is 12.2. The number of hydrogen-bond acceptors (Lipinski definition) is 2. The van der Waals surface area contributed by atoms with Crippen LogP contribution in [0.1, 0.15) is 26.4 Å². The van der Waals surface area contributed by atoms with E-state index < -0.39 is 46.3 Å². The van der Waals surface area contributed by atoms with Crippen molar-refractivity contribution in [2.24, 2.45) is 0 Å². The molecule has 2 N–H and O–H groups in total. The Balaban J connectivity index is 1.87. The van der Waals surface area contributed by atoms with Gasteiger partial charge in [0.2, 0.25) is 11.6 Å². The highest BCUT2D eigenvalue weighted by molar-refractivity contribution is 6.31. The van der Waals surface area contributed by atoms with Crippen molar-refractivity contribution in [3.05, 3.63) is 99.5 Å². The minimum atomic E-state index is -2.39. The molecule has 0 atom stereocenters. The van der Waals surface area contributed by atoms with Crippen molar-refractivity contribution < 1.29 is 31.5 Å². The molecule has 10 heteroatoms. The van der Waals surface area contributed by atoms with Crippen molar-refractivity contribution in [1.29, 1.82) is 0 Å². The number of carbonyl (C=O) groups is 2. The van der Waals surface area contributed by atoms with Gasteiger partial charge in [-0.05, 0) is 18.2 Å². The van der Waals surface area contributed by atoms with E-state index in [1.165, 1.54) is 30.3 Å². The van der Waals surface area contributed by atoms with Crippen LogP contribution in [0.4, 0.5) is 27.6 Å². The molecule has 162 valence electrons. The minimum absolute atomic E-state index is 0.175. The maximum Gasteiger partial charge on any atom is 0.261 e. The fourth-order valence-corrected chi connectivity index (χ4v) is 3.36. The number of anilines is 1. The van der Waals surface area contributed by atoms with Crippen LogP contribution in [0.15, 0.2) is 48.5 Å². The molecule has 0 aliphatic heterocycles. The molecule has 4 nitrogen and oxygen atoms in total. The van der Waals surface area contributed by atoms with Gasteiger partial charge in [0.25, 0.3) is 5.91 Å². The van der Waals surface area contributed by atoms with Gasteiger partial charge in [-0.25, -0.2) is 22.0 Å². The Hall–Kier alpha value is -3.72. The van der Waals surface area contributed by atoms with Crippen LogP contribution < -0.4 is 5.32 Å². The van der Waals surface area contributed by atoms with E-state index in [1.54, 1.807) is 18.2 Å². The number of H-pyrrole nitrogens is 1. The Morgan fingerprint density at radius 1 is 0.812 bits per heavy atom. The molecule has 0 aliphatic rings. The summed E-state index contributed by atoms with van der Waals surface area (Å²) in [5, 5.41) is 2.62. The Labute approximate surface area is 181 Å². The maximum absolute atomic E-state index is 14.1. The highest BCUT2D eigenvalue weighted by Gasteiger charge is 2.31. The third kappa shape index (κ3) is 3.50. The largest absolute Gasteiger partial charge is 0.350 e. The highest BCUT2D eigenvalue weighted by Crippen LogP contribution is 2.32. The standard InChI is InChI=1S/C22H10ClF5N2O2/c23-10-6-7-11-12(8-10)29-20(21(31)9-4-2-1-3-5-9)19(11)30-22(32)13-14(24)16(26)18(28)17(27)15(13)25/h1-8,29H,(H,30,32). The topological polar surface area (TPSA) is 62.0 Å². The van der Waals surface area contributed by atoms with Crippen LogP contribution in [0.3, 0.4) is 0 Å². The average molecular weight is 465 g/mol. The van der Waals surface area contributed by atoms with E-state index in [1.807, 2.05) is 0 Å². The Bertz CT molecular complexity index is 1370. The van der Waals surface area contributed by atoms with Gasteiger partial charge in [0.15, 0.2) is 23.3 Å². The predicted octanol–water partition coefficient (Wildman–Crippen LogP) is 6.00. The first kappa shape index (κ1) is 21.5. The monoisotopic (exact) mass is 464 g/mol. The number of benzene rings is 3. The first-order valence-electron chi connectivity index (χ1n) is 8.94. The van der Waals surface area contributed by atoms with Crippen molar-refractivity contribution in [3.8, 4) is 0 Å². The second-order valence-electron chi connectivity index (χ2n) is 6.66. The van der Waals surface area contributed by atoms with Gasteiger partial charge in [0.1, 0.15) is 11.3 Å². The lowest BCUT2D eigenvalue weighted by atomic mass is 10.1. The molecule has 0 spiro atoms. The van der Waals surface area contributed by atoms with Crippen LogP contribution in [0.25, 0.3) is 10.9 Å². The number of aromatic nitrogens is 1. The number of amides is 1. The fraction of sp³-hybridized carbons (Fsp3) is 0. The Morgan fingerprint density at radius 2 is 1.41 bits per heavy atom. The normalized spacial score (nSPS) is 11.1. The lowest BCUT2D eigenvalue weighted by molar-refractivity contribution is 0.101. The molecule has 0 unspecified atom stereocenters. The van der Waals surface area contributed by atoms with E-state index in [0.29, 0.717) is 5.52 Å². The van der Waals surface area contributed by atoms with Gasteiger partial charge in [-0.2, -0.15) is 0 Å². The van der Waals surface area contributed by atoms with E-state index >= 15 is 0 Å². The lowest BCUT2D eigenvalue weighted by Gasteiger charge is -2.10. The zero-order valence-electron chi connectivity index (χ0n) is 15.7. The molecule has 32 heavy (non-hydrogen) atoms. The maximum atomic E-state index is 14.1. The van der Waals surface area contributed by atoms with Crippen molar-refractivity contribution >= 4 is 39.9 Å². The second-order valence-corrected chi connectivity index (χ2v) is 7.10. The summed E-state index contributed by atoms with van der Waals surface area (Å²) >= 11 is 5.96. The molecule has 4 rings (SSSR count). The van der Waals surface area contributed by atoms with Gasteiger partial charge in [-0.1, -0.05) is 41.9 Å². The van der Waals surface area contributed by atoms with Crippen LogP contribution in [0, 0.1) is 29.1 Å². The van der Waals surface area contributed by atoms with Gasteiger partial charge in [-0.15, -0.1) is 0 Å². The van der Waals surface area contributed by atoms with E-state index in [-0.39, 0.29) is 27.4 Å². The molecular weight excluding hydrogens is 455 g/mol. The zero-order chi connectivity index (χ0) is 23.2. The quantitative estimate of drug-likeness (QED) is 0.168. The number of aromatic amines is 1. The third-order valence-corrected chi connectivity index (χ3v) is 4.93. The number of carbonyl (C=O) groups excluding carboxylic acids is 2. The van der Waals surface area contributed by atoms with Gasteiger partial charge >= 0.3 is 0 Å². The second kappa shape index (κ2) is 8.08. The molecule has 1 heterocycles. The van der Waals surface area contributed by atoms with Gasteiger partial charge < -0.3 is 10.3 Å². The number of nitrogens with one attached hydrogen (secondary N) is 2. The Kier molecular flexibility index (Phi) is 5.43. The van der Waals surface area contributed by atoms with E-state index in [2.05, 4.69) is 10.3 Å². The van der Waals surface area contributed by atoms with E-state index in [4.69, 9.17) is 11.6 Å². The predicted molar refractivity (Wildman–Crippen MR) is 107 cm³/mol. The van der Waals surface area contributed by atoms with Gasteiger partial charge in [0, 0.05) is 21.5 Å². The van der Waals surface area contributed by atoms with Crippen molar-refractivity contribution in [3.63, 3.8) is 0 Å². The van der Waals surface area contributed by atoms with Crippen LogP contribution >= 0.6 is 11.6 Å². The summed E-state index contributed by atoms with van der Waals surface area (Å²) in [4.78, 5) is 28.4. The van der Waals surface area contributed by atoms with E-state index in [0.717, 1.165) is 0 Å². The van der Waals surface area contributed by atoms with Crippen LogP contribution in [-0.2, 0) is 0 Å². The summed E-state index contributed by atoms with van der Waals surface area (Å²) in [6.45, 7) is 0. The molecule has 0 saturated heterocycles. The van der Waals surface area contributed by atoms with Crippen molar-refractivity contribution in [2.75, 3.05) is 5.32 Å². The fourth-order valence-electron chi connectivity index (χ4n) is 3.18. The molecule has 0 saturated carbocycles. The summed E-state index contributed by atoms with van der Waals surface area (Å²) in [6.07, 6.45) is 0. The van der Waals surface area contributed by atoms with Gasteiger partial charge in [-0.3, -0.25) is 9.59 Å². The molecule has 1 amide bonds. The molecule has 1 aromatic heterocycles. The SMILES string of the molecule is O=C(c1ccccc1)c1[nH]c2cc(Cl)ccc2c1NC(=O)c1c(F)c(F)c(F)c(F)c1F. The van der Waals surface area contributed by atoms with Crippen molar-refractivity contribution in [2.45, 2.75) is 0 Å². The molecule has 0 aliphatic carbocycles. The number of rotatable bonds is 4. The summed E-state index contributed by atoms with van der Waals surface area (Å²) in [5.41, 5.74) is -1.55. The van der Waals surface area contributed by atoms with E-state index in [9.17, 15) is 31.5 Å². The zero-order valence-corrected chi connectivity index (χ0v) is 16.5. The molecule has 0 fully saturated rings. The number of hydrogen-bond donors (Lipinski definition) is 2. The van der Waals surface area contributed by atoms with Crippen LogP contribution in [-0.4, -0.2) is 16.7 Å².